The van der Waals surface area contributed by atoms with E-state index in [1.807, 2.05) is 0 Å². The normalized spacial score (nSPS) is 22.9. The van der Waals surface area contributed by atoms with E-state index in [1.165, 1.54) is 0 Å². The Morgan fingerprint density at radius 2 is 1.94 bits per heavy atom. The zero-order valence-electron chi connectivity index (χ0n) is 11.6. The molecular formula is C13H27N3. The molecule has 0 aliphatic carbocycles. The fourth-order valence-electron chi connectivity index (χ4n) is 2.56. The van der Waals surface area contributed by atoms with E-state index in [0.29, 0.717) is 11.5 Å². The summed E-state index contributed by atoms with van der Waals surface area (Å²) in [7, 11) is 0. The first-order chi connectivity index (χ1) is 7.20. The number of nitrogens with one attached hydrogen (secondary N) is 2. The second-order valence-corrected chi connectivity index (χ2v) is 6.69. The van der Waals surface area contributed by atoms with Gasteiger partial charge in [0.05, 0.1) is 12.6 Å². The van der Waals surface area contributed by atoms with Crippen LogP contribution < -0.4 is 10.6 Å². The van der Waals surface area contributed by atoms with E-state index in [1.54, 1.807) is 0 Å². The molecule has 1 rings (SSSR count). The highest BCUT2D eigenvalue weighted by molar-refractivity contribution is 5.88. The van der Waals surface area contributed by atoms with E-state index in [9.17, 15) is 0 Å². The Labute approximate surface area is 100 Å². The number of aliphatic imine (C=N–C) groups is 1. The Bertz CT molecular complexity index is 261. The van der Waals surface area contributed by atoms with Gasteiger partial charge in [0, 0.05) is 12.1 Å². The summed E-state index contributed by atoms with van der Waals surface area (Å²) in [6.07, 6.45) is 1.13. The molecule has 0 spiro atoms. The number of amidine groups is 1. The van der Waals surface area contributed by atoms with E-state index in [0.717, 1.165) is 25.3 Å². The summed E-state index contributed by atoms with van der Waals surface area (Å²) in [4.78, 5) is 4.57. The van der Waals surface area contributed by atoms with Crippen LogP contribution >= 0.6 is 0 Å². The summed E-state index contributed by atoms with van der Waals surface area (Å²) in [6.45, 7) is 15.4. The number of hydrogen-bond acceptors (Lipinski definition) is 3. The first kappa shape index (κ1) is 13.5. The third kappa shape index (κ3) is 4.52. The molecule has 0 aromatic rings. The average molecular weight is 225 g/mol. The SMILES string of the molecule is CC1NCCN=C1NC(C)(C)CC(C)(C)C. The minimum absolute atomic E-state index is 0.102. The van der Waals surface area contributed by atoms with Gasteiger partial charge in [0.15, 0.2) is 0 Å². The van der Waals surface area contributed by atoms with Crippen LogP contribution in [-0.2, 0) is 0 Å². The summed E-state index contributed by atoms with van der Waals surface area (Å²) in [5.74, 6) is 1.11. The van der Waals surface area contributed by atoms with Crippen molar-refractivity contribution in [1.82, 2.24) is 10.6 Å². The van der Waals surface area contributed by atoms with Crippen molar-refractivity contribution in [3.63, 3.8) is 0 Å². The molecule has 2 N–H and O–H groups in total. The molecule has 3 nitrogen and oxygen atoms in total. The van der Waals surface area contributed by atoms with Crippen molar-refractivity contribution >= 4 is 5.84 Å². The minimum Gasteiger partial charge on any atom is -0.368 e. The Hall–Kier alpha value is -0.570. The van der Waals surface area contributed by atoms with E-state index in [4.69, 9.17) is 0 Å². The van der Waals surface area contributed by atoms with Gasteiger partial charge in [-0.3, -0.25) is 4.99 Å². The van der Waals surface area contributed by atoms with E-state index < -0.39 is 0 Å². The van der Waals surface area contributed by atoms with Gasteiger partial charge >= 0.3 is 0 Å². The number of nitrogens with zero attached hydrogens (tertiary/aromatic N) is 1. The molecule has 0 saturated heterocycles. The highest BCUT2D eigenvalue weighted by atomic mass is 15.1. The second-order valence-electron chi connectivity index (χ2n) is 6.69. The standard InChI is InChI=1S/C13H27N3/c1-10-11(15-8-7-14-10)16-13(5,6)9-12(2,3)4/h10,14H,7-9H2,1-6H3,(H,15,16). The molecule has 0 saturated carbocycles. The van der Waals surface area contributed by atoms with Crippen LogP contribution in [0.3, 0.4) is 0 Å². The maximum absolute atomic E-state index is 4.57. The topological polar surface area (TPSA) is 36.4 Å². The molecule has 1 heterocycles. The number of rotatable bonds is 2. The van der Waals surface area contributed by atoms with Crippen LogP contribution in [0.25, 0.3) is 0 Å². The van der Waals surface area contributed by atoms with Crippen molar-refractivity contribution in [2.24, 2.45) is 10.4 Å². The fraction of sp³-hybridized carbons (Fsp3) is 0.923. The smallest absolute Gasteiger partial charge is 0.114 e. The average Bonchev–Trinajstić information content (AvgIpc) is 2.04. The molecule has 16 heavy (non-hydrogen) atoms. The molecular weight excluding hydrogens is 198 g/mol. The first-order valence-electron chi connectivity index (χ1n) is 6.26. The van der Waals surface area contributed by atoms with E-state index >= 15 is 0 Å². The number of hydrogen-bond donors (Lipinski definition) is 2. The molecule has 1 aliphatic rings. The first-order valence-corrected chi connectivity index (χ1v) is 6.26. The van der Waals surface area contributed by atoms with E-state index in [2.05, 4.69) is 57.2 Å². The quantitative estimate of drug-likeness (QED) is 0.756. The summed E-state index contributed by atoms with van der Waals surface area (Å²) < 4.78 is 0. The van der Waals surface area contributed by atoms with Crippen LogP contribution in [0.1, 0.15) is 48.0 Å². The van der Waals surface area contributed by atoms with Crippen molar-refractivity contribution in [2.45, 2.75) is 59.5 Å². The summed E-state index contributed by atoms with van der Waals surface area (Å²) >= 11 is 0. The molecule has 0 radical (unpaired) electrons. The van der Waals surface area contributed by atoms with Gasteiger partial charge in [-0.15, -0.1) is 0 Å². The van der Waals surface area contributed by atoms with Crippen molar-refractivity contribution in [1.29, 1.82) is 0 Å². The van der Waals surface area contributed by atoms with Crippen molar-refractivity contribution < 1.29 is 0 Å². The maximum atomic E-state index is 4.57. The summed E-state index contributed by atoms with van der Waals surface area (Å²) in [5, 5.41) is 7.01. The van der Waals surface area contributed by atoms with Gasteiger partial charge in [-0.05, 0) is 32.6 Å². The highest BCUT2D eigenvalue weighted by Crippen LogP contribution is 2.26. The monoisotopic (exact) mass is 225 g/mol. The van der Waals surface area contributed by atoms with Crippen LogP contribution in [0.2, 0.25) is 0 Å². The Kier molecular flexibility index (Phi) is 4.00. The Balaban J connectivity index is 2.61. The molecule has 0 aromatic carbocycles. The minimum atomic E-state index is 0.102. The van der Waals surface area contributed by atoms with Crippen LogP contribution in [0, 0.1) is 5.41 Å². The van der Waals surface area contributed by atoms with Crippen LogP contribution in [0.5, 0.6) is 0 Å². The largest absolute Gasteiger partial charge is 0.368 e. The van der Waals surface area contributed by atoms with Crippen molar-refractivity contribution in [3.8, 4) is 0 Å². The molecule has 3 heteroatoms. The van der Waals surface area contributed by atoms with Crippen molar-refractivity contribution in [2.75, 3.05) is 13.1 Å². The van der Waals surface area contributed by atoms with Crippen LogP contribution in [-0.4, -0.2) is 30.5 Å². The predicted octanol–water partition coefficient (Wildman–Crippen LogP) is 2.18. The summed E-state index contributed by atoms with van der Waals surface area (Å²) in [6, 6.07) is 0.355. The van der Waals surface area contributed by atoms with Gasteiger partial charge in [-0.2, -0.15) is 0 Å². The molecule has 0 amide bonds. The zero-order chi connectivity index (χ0) is 12.4. The molecule has 0 fully saturated rings. The fourth-order valence-corrected chi connectivity index (χ4v) is 2.56. The molecule has 1 aliphatic heterocycles. The molecule has 1 unspecified atom stereocenters. The lowest BCUT2D eigenvalue weighted by molar-refractivity contribution is 0.264. The second kappa shape index (κ2) is 4.74. The van der Waals surface area contributed by atoms with Gasteiger partial charge in [-0.25, -0.2) is 0 Å². The lowest BCUT2D eigenvalue weighted by atomic mass is 9.81. The third-order valence-corrected chi connectivity index (χ3v) is 2.69. The Morgan fingerprint density at radius 3 is 2.44 bits per heavy atom. The molecule has 1 atom stereocenters. The zero-order valence-corrected chi connectivity index (χ0v) is 11.6. The van der Waals surface area contributed by atoms with Gasteiger partial charge in [-0.1, -0.05) is 20.8 Å². The van der Waals surface area contributed by atoms with Crippen LogP contribution in [0.15, 0.2) is 4.99 Å². The third-order valence-electron chi connectivity index (χ3n) is 2.69. The highest BCUT2D eigenvalue weighted by Gasteiger charge is 2.28. The lowest BCUT2D eigenvalue weighted by Gasteiger charge is -2.36. The van der Waals surface area contributed by atoms with Crippen molar-refractivity contribution in [3.05, 3.63) is 0 Å². The molecule has 94 valence electrons. The van der Waals surface area contributed by atoms with Gasteiger partial charge < -0.3 is 10.6 Å². The molecule has 0 bridgehead atoms. The van der Waals surface area contributed by atoms with E-state index in [-0.39, 0.29) is 5.54 Å². The maximum Gasteiger partial charge on any atom is 0.114 e. The van der Waals surface area contributed by atoms with Gasteiger partial charge in [0.25, 0.3) is 0 Å². The Morgan fingerprint density at radius 1 is 1.31 bits per heavy atom. The summed E-state index contributed by atoms with van der Waals surface area (Å²) in [5.41, 5.74) is 0.437. The molecule has 0 aromatic heterocycles. The van der Waals surface area contributed by atoms with Gasteiger partial charge in [0.1, 0.15) is 5.84 Å². The lowest BCUT2D eigenvalue weighted by Crippen LogP contribution is -2.54. The van der Waals surface area contributed by atoms with Gasteiger partial charge in [0.2, 0.25) is 0 Å². The van der Waals surface area contributed by atoms with Crippen LogP contribution in [0.4, 0.5) is 0 Å². The predicted molar refractivity (Wildman–Crippen MR) is 71.1 cm³/mol.